The molecule has 2 heterocycles. The van der Waals surface area contributed by atoms with Crippen molar-refractivity contribution < 1.29 is 4.79 Å². The summed E-state index contributed by atoms with van der Waals surface area (Å²) in [6, 6.07) is 1.68. The number of aromatic amines is 1. The van der Waals surface area contributed by atoms with Crippen LogP contribution in [0.1, 0.15) is 37.9 Å². The lowest BCUT2D eigenvalue weighted by molar-refractivity contribution is -0.122. The summed E-state index contributed by atoms with van der Waals surface area (Å²) in [4.78, 5) is 39.9. The molecule has 0 unspecified atom stereocenters. The second kappa shape index (κ2) is 9.40. The fraction of sp³-hybridized carbons (Fsp3) is 0.471. The van der Waals surface area contributed by atoms with Crippen molar-refractivity contribution in [3.8, 4) is 11.6 Å². The molecule has 0 bridgehead atoms. The van der Waals surface area contributed by atoms with Crippen LogP contribution in [0.15, 0.2) is 23.3 Å². The number of amides is 1. The van der Waals surface area contributed by atoms with E-state index in [1.807, 2.05) is 13.8 Å². The average Bonchev–Trinajstić information content (AvgIpc) is 2.63. The van der Waals surface area contributed by atoms with Crippen LogP contribution in [0.3, 0.4) is 0 Å². The summed E-state index contributed by atoms with van der Waals surface area (Å²) in [7, 11) is 0. The van der Waals surface area contributed by atoms with Crippen molar-refractivity contribution in [1.82, 2.24) is 25.3 Å². The standard InChI is InChI=1S/C17H24N6O2.ClH/c1-4-17(5-2,10-18)23-13(24)9-12-11(3)21-15(22-16(12)25)14-19-7-6-8-20-14;/h6-8H,4-5,9-10,18H2,1-3H3,(H,23,24)(H,21,22,25);1H. The van der Waals surface area contributed by atoms with E-state index in [9.17, 15) is 9.59 Å². The highest BCUT2D eigenvalue weighted by Crippen LogP contribution is 2.14. The van der Waals surface area contributed by atoms with Gasteiger partial charge in [0, 0.05) is 30.2 Å². The van der Waals surface area contributed by atoms with E-state index >= 15 is 0 Å². The highest BCUT2D eigenvalue weighted by molar-refractivity contribution is 5.85. The molecule has 8 nitrogen and oxygen atoms in total. The lowest BCUT2D eigenvalue weighted by Gasteiger charge is -2.31. The van der Waals surface area contributed by atoms with E-state index in [0.717, 1.165) is 12.8 Å². The number of halogens is 1. The Morgan fingerprint density at radius 3 is 2.38 bits per heavy atom. The number of nitrogens with one attached hydrogen (secondary N) is 2. The van der Waals surface area contributed by atoms with Crippen LogP contribution in [0.4, 0.5) is 0 Å². The van der Waals surface area contributed by atoms with Gasteiger partial charge in [-0.05, 0) is 25.8 Å². The fourth-order valence-corrected chi connectivity index (χ4v) is 2.61. The summed E-state index contributed by atoms with van der Waals surface area (Å²) < 4.78 is 0. The molecule has 0 saturated carbocycles. The molecule has 2 aromatic heterocycles. The van der Waals surface area contributed by atoms with E-state index in [1.165, 1.54) is 0 Å². The largest absolute Gasteiger partial charge is 0.349 e. The highest BCUT2D eigenvalue weighted by atomic mass is 35.5. The second-order valence-electron chi connectivity index (χ2n) is 5.97. The van der Waals surface area contributed by atoms with Gasteiger partial charge in [0.05, 0.1) is 12.0 Å². The predicted molar refractivity (Wildman–Crippen MR) is 102 cm³/mol. The summed E-state index contributed by atoms with van der Waals surface area (Å²) in [5.74, 6) is 0.372. The van der Waals surface area contributed by atoms with Gasteiger partial charge in [0.1, 0.15) is 0 Å². The molecule has 0 atom stereocenters. The van der Waals surface area contributed by atoms with Gasteiger partial charge < -0.3 is 16.0 Å². The second-order valence-corrected chi connectivity index (χ2v) is 5.97. The molecule has 1 amide bonds. The van der Waals surface area contributed by atoms with Gasteiger partial charge in [-0.2, -0.15) is 0 Å². The van der Waals surface area contributed by atoms with Crippen molar-refractivity contribution in [2.75, 3.05) is 6.54 Å². The normalized spacial score (nSPS) is 10.9. The Kier molecular flexibility index (Phi) is 7.85. The Bertz CT molecular complexity index is 781. The first-order chi connectivity index (χ1) is 11.9. The van der Waals surface area contributed by atoms with E-state index in [4.69, 9.17) is 5.73 Å². The molecule has 0 aliphatic rings. The van der Waals surface area contributed by atoms with Crippen molar-refractivity contribution >= 4 is 18.3 Å². The predicted octanol–water partition coefficient (Wildman–Crippen LogP) is 1.13. The van der Waals surface area contributed by atoms with Crippen molar-refractivity contribution in [1.29, 1.82) is 0 Å². The van der Waals surface area contributed by atoms with E-state index in [2.05, 4.69) is 25.3 Å². The molecule has 9 heteroatoms. The van der Waals surface area contributed by atoms with Crippen molar-refractivity contribution in [3.63, 3.8) is 0 Å². The van der Waals surface area contributed by atoms with E-state index in [-0.39, 0.29) is 36.1 Å². The molecule has 4 N–H and O–H groups in total. The van der Waals surface area contributed by atoms with Crippen LogP contribution >= 0.6 is 12.4 Å². The van der Waals surface area contributed by atoms with Crippen molar-refractivity contribution in [2.24, 2.45) is 5.73 Å². The number of hydrogen-bond donors (Lipinski definition) is 3. The third-order valence-corrected chi connectivity index (χ3v) is 4.49. The van der Waals surface area contributed by atoms with Crippen LogP contribution in [-0.4, -0.2) is 37.9 Å². The van der Waals surface area contributed by atoms with Crippen LogP contribution in [0.25, 0.3) is 11.6 Å². The molecule has 0 spiro atoms. The minimum Gasteiger partial charge on any atom is -0.349 e. The number of nitrogens with zero attached hydrogens (tertiary/aromatic N) is 3. The third-order valence-electron chi connectivity index (χ3n) is 4.49. The van der Waals surface area contributed by atoms with Crippen LogP contribution in [-0.2, 0) is 11.2 Å². The maximum Gasteiger partial charge on any atom is 0.255 e. The number of H-pyrrole nitrogens is 1. The van der Waals surface area contributed by atoms with Gasteiger partial charge in [-0.1, -0.05) is 13.8 Å². The average molecular weight is 381 g/mol. The van der Waals surface area contributed by atoms with Crippen LogP contribution < -0.4 is 16.6 Å². The number of nitrogens with two attached hydrogens (primary N) is 1. The quantitative estimate of drug-likeness (QED) is 0.660. The lowest BCUT2D eigenvalue weighted by Crippen LogP contribution is -2.53. The van der Waals surface area contributed by atoms with Gasteiger partial charge in [0.25, 0.3) is 5.56 Å². The molecular weight excluding hydrogens is 356 g/mol. The summed E-state index contributed by atoms with van der Waals surface area (Å²) in [5.41, 5.74) is 5.81. The van der Waals surface area contributed by atoms with Gasteiger partial charge in [-0.3, -0.25) is 9.59 Å². The Labute approximate surface area is 158 Å². The molecule has 2 aromatic rings. The number of hydrogen-bond acceptors (Lipinski definition) is 6. The number of carbonyl (C=O) groups is 1. The Morgan fingerprint density at radius 2 is 1.88 bits per heavy atom. The van der Waals surface area contributed by atoms with Gasteiger partial charge in [-0.25, -0.2) is 15.0 Å². The highest BCUT2D eigenvalue weighted by Gasteiger charge is 2.27. The van der Waals surface area contributed by atoms with Crippen LogP contribution in [0.2, 0.25) is 0 Å². The van der Waals surface area contributed by atoms with E-state index in [1.54, 1.807) is 25.4 Å². The molecule has 0 aromatic carbocycles. The number of aromatic nitrogens is 4. The molecular formula is C17H25ClN6O2. The zero-order valence-corrected chi connectivity index (χ0v) is 16.0. The fourth-order valence-electron chi connectivity index (χ4n) is 2.61. The van der Waals surface area contributed by atoms with Gasteiger partial charge in [-0.15, -0.1) is 12.4 Å². The molecule has 0 saturated heterocycles. The SMILES string of the molecule is CCC(CC)(CN)NC(=O)Cc1c(C)nc(-c2ncccn2)[nH]c1=O.Cl. The zero-order valence-electron chi connectivity index (χ0n) is 15.2. The summed E-state index contributed by atoms with van der Waals surface area (Å²) in [6.45, 7) is 6.00. The molecule has 2 rings (SSSR count). The third kappa shape index (κ3) is 4.86. The van der Waals surface area contributed by atoms with Crippen LogP contribution in [0.5, 0.6) is 0 Å². The van der Waals surface area contributed by atoms with Gasteiger partial charge in [0.15, 0.2) is 11.6 Å². The van der Waals surface area contributed by atoms with Gasteiger partial charge >= 0.3 is 0 Å². The summed E-state index contributed by atoms with van der Waals surface area (Å²) >= 11 is 0. The maximum absolute atomic E-state index is 12.4. The summed E-state index contributed by atoms with van der Waals surface area (Å²) in [6.07, 6.45) is 4.54. The van der Waals surface area contributed by atoms with E-state index < -0.39 is 5.54 Å². The smallest absolute Gasteiger partial charge is 0.255 e. The van der Waals surface area contributed by atoms with Crippen molar-refractivity contribution in [2.45, 2.75) is 45.6 Å². The first-order valence-corrected chi connectivity index (χ1v) is 8.33. The number of carbonyl (C=O) groups excluding carboxylic acids is 1. The first kappa shape index (κ1) is 21.7. The van der Waals surface area contributed by atoms with Gasteiger partial charge in [0.2, 0.25) is 5.91 Å². The Hall–Kier alpha value is -2.32. The molecule has 0 fully saturated rings. The Morgan fingerprint density at radius 1 is 1.27 bits per heavy atom. The molecule has 0 radical (unpaired) electrons. The molecule has 0 aliphatic heterocycles. The van der Waals surface area contributed by atoms with Crippen molar-refractivity contribution in [3.05, 3.63) is 40.1 Å². The number of aryl methyl sites for hydroxylation is 1. The minimum atomic E-state index is -0.441. The Balaban J connectivity index is 0.00000338. The maximum atomic E-state index is 12.4. The van der Waals surface area contributed by atoms with E-state index in [0.29, 0.717) is 23.6 Å². The summed E-state index contributed by atoms with van der Waals surface area (Å²) in [5, 5.41) is 2.96. The monoisotopic (exact) mass is 380 g/mol. The van der Waals surface area contributed by atoms with Crippen LogP contribution in [0, 0.1) is 6.92 Å². The molecule has 0 aliphatic carbocycles. The topological polar surface area (TPSA) is 127 Å². The minimum absolute atomic E-state index is 0. The zero-order chi connectivity index (χ0) is 18.4. The molecule has 142 valence electrons. The first-order valence-electron chi connectivity index (χ1n) is 8.33. The number of rotatable bonds is 7. The lowest BCUT2D eigenvalue weighted by atomic mass is 9.92. The molecule has 26 heavy (non-hydrogen) atoms.